The molecule has 0 aromatic rings. The highest BCUT2D eigenvalue weighted by molar-refractivity contribution is 8.04. The summed E-state index contributed by atoms with van der Waals surface area (Å²) in [4.78, 5) is 25.8. The lowest BCUT2D eigenvalue weighted by molar-refractivity contribution is -0.138. The molecule has 2 aliphatic rings. The fourth-order valence-corrected chi connectivity index (χ4v) is 4.05. The van der Waals surface area contributed by atoms with Crippen LogP contribution in [0.1, 0.15) is 26.7 Å². The lowest BCUT2D eigenvalue weighted by atomic mass is 10.1. The van der Waals surface area contributed by atoms with Crippen molar-refractivity contribution in [1.82, 2.24) is 4.90 Å². The molecule has 0 aromatic heterocycles. The summed E-state index contributed by atoms with van der Waals surface area (Å²) < 4.78 is 13.2. The van der Waals surface area contributed by atoms with Crippen LogP contribution in [0.15, 0.2) is 10.6 Å². The van der Waals surface area contributed by atoms with Gasteiger partial charge in [0.25, 0.3) is 0 Å². The maximum atomic E-state index is 11.8. The molecule has 0 spiro atoms. The van der Waals surface area contributed by atoms with E-state index >= 15 is 0 Å². The first-order valence-corrected chi connectivity index (χ1v) is 9.37. The molecule has 0 radical (unpaired) electrons. The fourth-order valence-electron chi connectivity index (χ4n) is 2.11. The van der Waals surface area contributed by atoms with Crippen molar-refractivity contribution in [2.24, 2.45) is 0 Å². The van der Waals surface area contributed by atoms with E-state index in [9.17, 15) is 9.59 Å². The Balaban J connectivity index is 1.89. The van der Waals surface area contributed by atoms with Gasteiger partial charge >= 0.3 is 6.16 Å². The summed E-state index contributed by atoms with van der Waals surface area (Å²) in [6.07, 6.45) is -0.869. The van der Waals surface area contributed by atoms with Crippen LogP contribution in [0.25, 0.3) is 0 Å². The molecule has 0 saturated carbocycles. The van der Waals surface area contributed by atoms with Crippen molar-refractivity contribution in [3.63, 3.8) is 0 Å². The number of hydrogen-bond acceptors (Lipinski definition) is 7. The van der Waals surface area contributed by atoms with E-state index in [4.69, 9.17) is 56.5 Å². The normalized spacial score (nSPS) is 21.1. The van der Waals surface area contributed by atoms with E-state index in [1.165, 1.54) is 6.92 Å². The van der Waals surface area contributed by atoms with Crippen molar-refractivity contribution >= 4 is 75.9 Å². The van der Waals surface area contributed by atoms with E-state index in [2.05, 4.69) is 4.74 Å². The van der Waals surface area contributed by atoms with Crippen molar-refractivity contribution in [3.05, 3.63) is 10.6 Å². The predicted molar refractivity (Wildman–Crippen MR) is 96.0 cm³/mol. The van der Waals surface area contributed by atoms with Crippen LogP contribution in [0.2, 0.25) is 0 Å². The first-order valence-electron chi connectivity index (χ1n) is 6.95. The Morgan fingerprint density at radius 2 is 2.12 bits per heavy atom. The summed E-state index contributed by atoms with van der Waals surface area (Å²) in [6.45, 7) is 2.97. The molecule has 2 heterocycles. The number of β-lactam (4-membered cyclic amide) rings is 1. The SMILES string of the molecule is CCC1=C(C(=S)OC(C)OC(=O)OCC(Cl)(Cl)Cl)N2C(=O)C[C@H]2S1. The molecule has 0 aromatic carbocycles. The van der Waals surface area contributed by atoms with Gasteiger partial charge in [-0.15, -0.1) is 11.8 Å². The molecule has 0 N–H and O–H groups in total. The van der Waals surface area contributed by atoms with Gasteiger partial charge in [0, 0.05) is 11.8 Å². The number of fused-ring (bicyclic) bond motifs is 1. The van der Waals surface area contributed by atoms with Crippen LogP contribution in [0, 0.1) is 0 Å². The smallest absolute Gasteiger partial charge is 0.442 e. The molecule has 2 aliphatic heterocycles. The highest BCUT2D eigenvalue weighted by Crippen LogP contribution is 2.47. The quantitative estimate of drug-likeness (QED) is 0.212. The van der Waals surface area contributed by atoms with Gasteiger partial charge in [-0.3, -0.25) is 9.69 Å². The van der Waals surface area contributed by atoms with Crippen LogP contribution in [-0.4, -0.2) is 44.1 Å². The van der Waals surface area contributed by atoms with E-state index in [-0.39, 0.29) is 16.3 Å². The average Bonchev–Trinajstić information content (AvgIpc) is 2.76. The minimum atomic E-state index is -1.73. The molecule has 2 atom stereocenters. The third-order valence-electron chi connectivity index (χ3n) is 3.09. The van der Waals surface area contributed by atoms with Crippen molar-refractivity contribution in [2.75, 3.05) is 6.61 Å². The minimum Gasteiger partial charge on any atom is -0.442 e. The number of nitrogens with zero attached hydrogens (tertiary/aromatic N) is 1. The molecule has 1 saturated heterocycles. The molecule has 0 bridgehead atoms. The van der Waals surface area contributed by atoms with Crippen LogP contribution in [0.4, 0.5) is 4.79 Å². The molecule has 1 fully saturated rings. The molecule has 11 heteroatoms. The molecule has 6 nitrogen and oxygen atoms in total. The largest absolute Gasteiger partial charge is 0.511 e. The number of ether oxygens (including phenoxy) is 3. The number of thioether (sulfide) groups is 1. The van der Waals surface area contributed by atoms with Gasteiger partial charge in [0.15, 0.2) is 0 Å². The highest BCUT2D eigenvalue weighted by Gasteiger charge is 2.47. The molecular formula is C13H14Cl3NO5S2. The van der Waals surface area contributed by atoms with Gasteiger partial charge in [-0.25, -0.2) is 4.79 Å². The maximum absolute atomic E-state index is 11.8. The summed E-state index contributed by atoms with van der Waals surface area (Å²) in [5, 5.41) is 0.172. The van der Waals surface area contributed by atoms with Crippen LogP contribution in [-0.2, 0) is 19.0 Å². The number of allylic oxidation sites excluding steroid dienone is 1. The number of carbonyl (C=O) groups is 2. The molecular weight excluding hydrogens is 421 g/mol. The van der Waals surface area contributed by atoms with Crippen molar-refractivity contribution < 1.29 is 23.8 Å². The molecule has 24 heavy (non-hydrogen) atoms. The average molecular weight is 435 g/mol. The summed E-state index contributed by atoms with van der Waals surface area (Å²) in [5.41, 5.74) is 0.573. The van der Waals surface area contributed by atoms with Gasteiger partial charge in [0.1, 0.15) is 12.3 Å². The Labute approximate surface area is 163 Å². The Morgan fingerprint density at radius 3 is 2.67 bits per heavy atom. The number of thiocarbonyl (C=S) groups is 1. The third kappa shape index (κ3) is 4.82. The zero-order valence-corrected chi connectivity index (χ0v) is 16.6. The number of amides is 1. The standard InChI is InChI=1S/C13H14Cl3NO5S2/c1-3-7-10(17-8(18)4-9(17)24-7)11(23)21-6(2)22-12(19)20-5-13(14,15)16/h6,9H,3-5H2,1-2H3/t6?,9-/m1/s1. The lowest BCUT2D eigenvalue weighted by Gasteiger charge is -2.35. The van der Waals surface area contributed by atoms with Gasteiger partial charge in [0.05, 0.1) is 11.8 Å². The van der Waals surface area contributed by atoms with E-state index in [0.29, 0.717) is 12.1 Å². The van der Waals surface area contributed by atoms with Gasteiger partial charge in [0.2, 0.25) is 21.0 Å². The summed E-state index contributed by atoms with van der Waals surface area (Å²) >= 11 is 23.2. The first-order chi connectivity index (χ1) is 11.1. The van der Waals surface area contributed by atoms with E-state index in [0.717, 1.165) is 11.3 Å². The van der Waals surface area contributed by atoms with Gasteiger partial charge in [-0.2, -0.15) is 0 Å². The molecule has 2 rings (SSSR count). The number of hydrogen-bond donors (Lipinski definition) is 0. The van der Waals surface area contributed by atoms with Crippen LogP contribution in [0.3, 0.4) is 0 Å². The monoisotopic (exact) mass is 433 g/mol. The summed E-state index contributed by atoms with van der Waals surface area (Å²) in [6, 6.07) is 0. The van der Waals surface area contributed by atoms with Gasteiger partial charge in [-0.1, -0.05) is 41.7 Å². The predicted octanol–water partition coefficient (Wildman–Crippen LogP) is 4.13. The fraction of sp³-hybridized carbons (Fsp3) is 0.615. The van der Waals surface area contributed by atoms with Crippen molar-refractivity contribution in [3.8, 4) is 0 Å². The van der Waals surface area contributed by atoms with Crippen molar-refractivity contribution in [1.29, 1.82) is 0 Å². The zero-order chi connectivity index (χ0) is 18.1. The van der Waals surface area contributed by atoms with Crippen LogP contribution >= 0.6 is 58.8 Å². The van der Waals surface area contributed by atoms with Crippen molar-refractivity contribution in [2.45, 2.75) is 42.1 Å². The highest BCUT2D eigenvalue weighted by atomic mass is 35.6. The first kappa shape index (κ1) is 19.9. The number of alkyl halides is 3. The van der Waals surface area contributed by atoms with E-state index in [1.54, 1.807) is 16.7 Å². The Bertz CT molecular complexity index is 593. The zero-order valence-electron chi connectivity index (χ0n) is 12.7. The molecule has 134 valence electrons. The lowest BCUT2D eigenvalue weighted by Crippen LogP contribution is -2.48. The summed E-state index contributed by atoms with van der Waals surface area (Å²) in [5.74, 6) is -0.00689. The minimum absolute atomic E-state index is 0.00689. The Morgan fingerprint density at radius 1 is 1.46 bits per heavy atom. The molecule has 1 unspecified atom stereocenters. The van der Waals surface area contributed by atoms with Gasteiger partial charge in [-0.05, 0) is 18.6 Å². The second-order valence-corrected chi connectivity index (χ2v) is 9.07. The topological polar surface area (TPSA) is 65.1 Å². The van der Waals surface area contributed by atoms with Crippen LogP contribution < -0.4 is 0 Å². The summed E-state index contributed by atoms with van der Waals surface area (Å²) in [7, 11) is 0. The van der Waals surface area contributed by atoms with E-state index < -0.39 is 22.8 Å². The second-order valence-electron chi connectivity index (χ2n) is 4.91. The Kier molecular flexibility index (Phi) is 6.52. The molecule has 1 amide bonds. The third-order valence-corrected chi connectivity index (χ3v) is 5.13. The molecule has 0 aliphatic carbocycles. The maximum Gasteiger partial charge on any atom is 0.511 e. The Hall–Kier alpha value is -0.410. The number of halogens is 3. The van der Waals surface area contributed by atoms with E-state index in [1.807, 2.05) is 6.92 Å². The number of rotatable bonds is 5. The van der Waals surface area contributed by atoms with Crippen LogP contribution in [0.5, 0.6) is 0 Å². The van der Waals surface area contributed by atoms with Gasteiger partial charge < -0.3 is 14.2 Å². The number of carbonyl (C=O) groups excluding carboxylic acids is 2. The second kappa shape index (κ2) is 7.86.